The summed E-state index contributed by atoms with van der Waals surface area (Å²) in [5.74, 6) is 2.42. The second-order valence-electron chi connectivity index (χ2n) is 11.1. The van der Waals surface area contributed by atoms with Gasteiger partial charge in [-0.3, -0.25) is 4.79 Å². The zero-order chi connectivity index (χ0) is 25.0. The number of carbonyl (C=O) groups is 1. The van der Waals surface area contributed by atoms with Gasteiger partial charge in [0.25, 0.3) is 0 Å². The number of pyridine rings is 1. The van der Waals surface area contributed by atoms with Crippen LogP contribution in [-0.2, 0) is 14.8 Å². The number of amides is 1. The minimum Gasteiger partial charge on any atom is -0.367 e. The Morgan fingerprint density at radius 1 is 1.03 bits per heavy atom. The molecule has 1 aromatic rings. The molecule has 0 unspecified atom stereocenters. The fourth-order valence-corrected chi connectivity index (χ4v) is 6.94. The van der Waals surface area contributed by atoms with E-state index in [1.54, 1.807) is 11.2 Å². The van der Waals surface area contributed by atoms with Gasteiger partial charge in [-0.25, -0.2) is 13.4 Å². The van der Waals surface area contributed by atoms with Crippen LogP contribution >= 0.6 is 0 Å². The lowest BCUT2D eigenvalue weighted by Gasteiger charge is -2.43. The molecule has 0 radical (unpaired) electrons. The monoisotopic (exact) mass is 512 g/mol. The molecule has 0 N–H and O–H groups in total. The summed E-state index contributed by atoms with van der Waals surface area (Å²) in [5.41, 5.74) is 2.62. The van der Waals surface area contributed by atoms with Gasteiger partial charge in [-0.05, 0) is 57.4 Å². The third-order valence-electron chi connectivity index (χ3n) is 8.53. The van der Waals surface area contributed by atoms with Crippen LogP contribution in [0.15, 0.2) is 6.07 Å². The van der Waals surface area contributed by atoms with Crippen LogP contribution in [0.1, 0.15) is 62.6 Å². The molecule has 0 spiro atoms. The molecule has 9 nitrogen and oxygen atoms in total. The Balaban J connectivity index is 1.25. The minimum atomic E-state index is -3.19. The lowest BCUT2D eigenvalue weighted by atomic mass is 10.0. The summed E-state index contributed by atoms with van der Waals surface area (Å²) in [6.45, 7) is 5.99. The standard InChI is InChI=1S/C26H36N6O3S/c1-2-36(34,35)31-12-9-29(10-13-31)22-15-21(16-27)25(28-24(22)19-5-6-19)30-11-14-32(26(33)20-7-8-20)23(17-30)18-3-4-18/h15,18-20,23H,2-14,17H2,1H3/t23-/m0/s1. The molecule has 3 heterocycles. The van der Waals surface area contributed by atoms with E-state index >= 15 is 0 Å². The molecule has 3 aliphatic carbocycles. The quantitative estimate of drug-likeness (QED) is 0.552. The molecule has 194 valence electrons. The maximum Gasteiger partial charge on any atom is 0.226 e. The van der Waals surface area contributed by atoms with Crippen LogP contribution in [0.2, 0.25) is 0 Å². The molecule has 5 aliphatic rings. The highest BCUT2D eigenvalue weighted by Crippen LogP contribution is 2.46. The molecule has 0 bridgehead atoms. The summed E-state index contributed by atoms with van der Waals surface area (Å²) in [4.78, 5) is 24.7. The van der Waals surface area contributed by atoms with Crippen molar-refractivity contribution in [2.45, 2.75) is 57.4 Å². The van der Waals surface area contributed by atoms with Crippen molar-refractivity contribution < 1.29 is 13.2 Å². The highest BCUT2D eigenvalue weighted by atomic mass is 32.2. The summed E-state index contributed by atoms with van der Waals surface area (Å²) in [7, 11) is -3.19. The Bertz CT molecular complexity index is 1180. The number of piperazine rings is 2. The summed E-state index contributed by atoms with van der Waals surface area (Å²) < 4.78 is 26.2. The van der Waals surface area contributed by atoms with Gasteiger partial charge in [-0.1, -0.05) is 0 Å². The average Bonchev–Trinajstić information content (AvgIpc) is 3.74. The van der Waals surface area contributed by atoms with Gasteiger partial charge in [-0.15, -0.1) is 0 Å². The molecule has 1 atom stereocenters. The predicted octanol–water partition coefficient (Wildman–Crippen LogP) is 2.14. The van der Waals surface area contributed by atoms with Crippen molar-refractivity contribution in [3.63, 3.8) is 0 Å². The van der Waals surface area contributed by atoms with Gasteiger partial charge in [0.15, 0.2) is 0 Å². The van der Waals surface area contributed by atoms with Crippen molar-refractivity contribution in [3.8, 4) is 6.07 Å². The molecule has 1 amide bonds. The Morgan fingerprint density at radius 3 is 2.31 bits per heavy atom. The van der Waals surface area contributed by atoms with Gasteiger partial charge in [0, 0.05) is 57.6 Å². The van der Waals surface area contributed by atoms with Crippen molar-refractivity contribution in [3.05, 3.63) is 17.3 Å². The molecule has 5 fully saturated rings. The van der Waals surface area contributed by atoms with Crippen LogP contribution in [-0.4, -0.2) is 86.1 Å². The summed E-state index contributed by atoms with van der Waals surface area (Å²) >= 11 is 0. The lowest BCUT2D eigenvalue weighted by molar-refractivity contribution is -0.135. The molecule has 10 heteroatoms. The van der Waals surface area contributed by atoms with E-state index < -0.39 is 10.0 Å². The van der Waals surface area contributed by atoms with Crippen LogP contribution in [0.3, 0.4) is 0 Å². The topological polar surface area (TPSA) is 101 Å². The fourth-order valence-electron chi connectivity index (χ4n) is 5.86. The largest absolute Gasteiger partial charge is 0.367 e. The summed E-state index contributed by atoms with van der Waals surface area (Å²) in [5, 5.41) is 10.1. The van der Waals surface area contributed by atoms with Crippen LogP contribution < -0.4 is 9.80 Å². The number of hydrogen-bond acceptors (Lipinski definition) is 7. The minimum absolute atomic E-state index is 0.122. The van der Waals surface area contributed by atoms with Crippen molar-refractivity contribution in [2.75, 3.05) is 61.4 Å². The number of sulfonamides is 1. The van der Waals surface area contributed by atoms with Gasteiger partial charge < -0.3 is 14.7 Å². The van der Waals surface area contributed by atoms with Crippen LogP contribution in [0.5, 0.6) is 0 Å². The van der Waals surface area contributed by atoms with Gasteiger partial charge in [0.1, 0.15) is 11.9 Å². The number of nitrogens with zero attached hydrogens (tertiary/aromatic N) is 6. The Kier molecular flexibility index (Phi) is 6.11. The first-order valence-electron chi connectivity index (χ1n) is 13.6. The fraction of sp³-hybridized carbons (Fsp3) is 0.731. The van der Waals surface area contributed by atoms with E-state index in [0.29, 0.717) is 62.6 Å². The lowest BCUT2D eigenvalue weighted by Crippen LogP contribution is -2.57. The Labute approximate surface area is 214 Å². The first-order valence-corrected chi connectivity index (χ1v) is 15.2. The molecule has 1 aromatic heterocycles. The van der Waals surface area contributed by atoms with E-state index in [4.69, 9.17) is 4.98 Å². The Morgan fingerprint density at radius 2 is 1.72 bits per heavy atom. The van der Waals surface area contributed by atoms with E-state index in [0.717, 1.165) is 49.4 Å². The zero-order valence-electron chi connectivity index (χ0n) is 21.1. The maximum atomic E-state index is 12.9. The highest BCUT2D eigenvalue weighted by Gasteiger charge is 2.45. The van der Waals surface area contributed by atoms with Crippen molar-refractivity contribution in [1.82, 2.24) is 14.2 Å². The van der Waals surface area contributed by atoms with E-state index in [2.05, 4.69) is 20.8 Å². The average molecular weight is 513 g/mol. The van der Waals surface area contributed by atoms with Crippen LogP contribution in [0.25, 0.3) is 0 Å². The van der Waals surface area contributed by atoms with Crippen molar-refractivity contribution in [1.29, 1.82) is 5.26 Å². The maximum absolute atomic E-state index is 12.9. The van der Waals surface area contributed by atoms with Crippen LogP contribution in [0, 0.1) is 23.2 Å². The molecular formula is C26H36N6O3S. The van der Waals surface area contributed by atoms with Crippen LogP contribution in [0.4, 0.5) is 11.5 Å². The zero-order valence-corrected chi connectivity index (χ0v) is 21.9. The number of nitriles is 1. The summed E-state index contributed by atoms with van der Waals surface area (Å²) in [6, 6.07) is 4.62. The molecule has 36 heavy (non-hydrogen) atoms. The first kappa shape index (κ1) is 24.0. The number of aromatic nitrogens is 1. The van der Waals surface area contributed by atoms with Crippen molar-refractivity contribution in [2.24, 2.45) is 11.8 Å². The van der Waals surface area contributed by atoms with E-state index in [9.17, 15) is 18.5 Å². The first-order chi connectivity index (χ1) is 17.4. The highest BCUT2D eigenvalue weighted by molar-refractivity contribution is 7.89. The van der Waals surface area contributed by atoms with Gasteiger partial charge in [-0.2, -0.15) is 9.57 Å². The predicted molar refractivity (Wildman–Crippen MR) is 137 cm³/mol. The van der Waals surface area contributed by atoms with E-state index in [-0.39, 0.29) is 17.7 Å². The second kappa shape index (κ2) is 9.18. The van der Waals surface area contributed by atoms with E-state index in [1.165, 1.54) is 12.8 Å². The molecule has 0 aromatic carbocycles. The smallest absolute Gasteiger partial charge is 0.226 e. The summed E-state index contributed by atoms with van der Waals surface area (Å²) in [6.07, 6.45) is 6.62. The SMILES string of the molecule is CCS(=O)(=O)N1CCN(c2cc(C#N)c(N3CCN(C(=O)C4CC4)[C@H](C4CC4)C3)nc2C2CC2)CC1. The normalized spacial score (nSPS) is 25.7. The van der Waals surface area contributed by atoms with Gasteiger partial charge >= 0.3 is 0 Å². The third kappa shape index (κ3) is 4.56. The molecule has 2 saturated heterocycles. The number of rotatable bonds is 7. The van der Waals surface area contributed by atoms with Gasteiger partial charge in [0.05, 0.1) is 28.7 Å². The Hall–Kier alpha value is -2.38. The third-order valence-corrected chi connectivity index (χ3v) is 10.4. The van der Waals surface area contributed by atoms with E-state index in [1.807, 2.05) is 6.07 Å². The molecule has 2 aliphatic heterocycles. The molecule has 6 rings (SSSR count). The number of carbonyl (C=O) groups excluding carboxylic acids is 1. The number of anilines is 2. The number of hydrogen-bond donors (Lipinski definition) is 0. The molecule has 3 saturated carbocycles. The van der Waals surface area contributed by atoms with Crippen molar-refractivity contribution >= 4 is 27.4 Å². The second-order valence-corrected chi connectivity index (χ2v) is 13.4. The molecular weight excluding hydrogens is 476 g/mol. The van der Waals surface area contributed by atoms with Gasteiger partial charge in [0.2, 0.25) is 15.9 Å².